The molecule has 0 aliphatic rings. The van der Waals surface area contributed by atoms with Gasteiger partial charge in [-0.3, -0.25) is 0 Å². The number of hydrogen-bond acceptors (Lipinski definition) is 3. The average molecular weight is 305 g/mol. The van der Waals surface area contributed by atoms with Crippen molar-refractivity contribution in [2.45, 2.75) is 11.1 Å². The monoisotopic (exact) mass is 304 g/mol. The van der Waals surface area contributed by atoms with Crippen molar-refractivity contribution in [3.8, 4) is 0 Å². The van der Waals surface area contributed by atoms with E-state index in [1.165, 1.54) is 6.07 Å². The Morgan fingerprint density at radius 2 is 1.78 bits per heavy atom. The highest BCUT2D eigenvalue weighted by molar-refractivity contribution is 7.89. The zero-order chi connectivity index (χ0) is 13.1. The molecule has 3 N–H and O–H groups in total. The van der Waals surface area contributed by atoms with E-state index in [4.69, 9.17) is 5.73 Å². The normalized spacial score (nSPS) is 12.0. The molecule has 0 saturated carbocycles. The molecule has 1 aromatic rings. The molecule has 0 aliphatic heterocycles. The summed E-state index contributed by atoms with van der Waals surface area (Å²) in [4.78, 5) is -0.791. The predicted molar refractivity (Wildman–Crippen MR) is 62.9 cm³/mol. The number of benzene rings is 1. The van der Waals surface area contributed by atoms with Gasteiger partial charge >= 0.3 is 6.18 Å². The number of hydrogen-bond donors (Lipinski definition) is 2. The minimum atomic E-state index is -4.71. The fraction of sp³-hybridized carbons (Fsp3) is 0.333. The molecule has 0 aromatic heterocycles. The summed E-state index contributed by atoms with van der Waals surface area (Å²) in [5.74, 6) is 0. The molecule has 0 heterocycles. The van der Waals surface area contributed by atoms with Crippen LogP contribution < -0.4 is 10.5 Å². The molecular formula is C9H12ClF3N2O2S. The Morgan fingerprint density at radius 3 is 2.28 bits per heavy atom. The van der Waals surface area contributed by atoms with E-state index in [1.807, 2.05) is 4.72 Å². The van der Waals surface area contributed by atoms with Gasteiger partial charge in [0.15, 0.2) is 0 Å². The topological polar surface area (TPSA) is 72.2 Å². The minimum absolute atomic E-state index is 0. The molecule has 0 fully saturated rings. The quantitative estimate of drug-likeness (QED) is 0.882. The van der Waals surface area contributed by atoms with Gasteiger partial charge in [0.2, 0.25) is 10.0 Å². The van der Waals surface area contributed by atoms with Crippen molar-refractivity contribution in [2.75, 3.05) is 13.1 Å². The molecular weight excluding hydrogens is 293 g/mol. The van der Waals surface area contributed by atoms with Crippen LogP contribution in [0.3, 0.4) is 0 Å². The maximum absolute atomic E-state index is 12.6. The lowest BCUT2D eigenvalue weighted by Gasteiger charge is -2.13. The van der Waals surface area contributed by atoms with Gasteiger partial charge in [0.05, 0.1) is 10.5 Å². The molecule has 0 atom stereocenters. The molecule has 104 valence electrons. The van der Waals surface area contributed by atoms with Crippen LogP contribution in [0.5, 0.6) is 0 Å². The third kappa shape index (κ3) is 4.13. The van der Waals surface area contributed by atoms with Gasteiger partial charge in [-0.1, -0.05) is 12.1 Å². The zero-order valence-electron chi connectivity index (χ0n) is 9.07. The first-order valence-electron chi connectivity index (χ1n) is 4.65. The van der Waals surface area contributed by atoms with Crippen LogP contribution >= 0.6 is 12.4 Å². The standard InChI is InChI=1S/C9H11F3N2O2S.ClH/c10-9(11,12)7-3-1-2-4-8(7)17(15,16)14-6-5-13;/h1-4,14H,5-6,13H2;1H. The number of nitrogens with one attached hydrogen (secondary N) is 1. The Hall–Kier alpha value is -0.830. The smallest absolute Gasteiger partial charge is 0.329 e. The summed E-state index contributed by atoms with van der Waals surface area (Å²) in [7, 11) is -4.19. The second-order valence-corrected chi connectivity index (χ2v) is 4.92. The van der Waals surface area contributed by atoms with E-state index in [0.717, 1.165) is 18.2 Å². The first-order valence-corrected chi connectivity index (χ1v) is 6.13. The molecule has 0 bridgehead atoms. The minimum Gasteiger partial charge on any atom is -0.329 e. The number of halogens is 4. The number of nitrogens with two attached hydrogens (primary N) is 1. The maximum atomic E-state index is 12.6. The van der Waals surface area contributed by atoms with Crippen molar-refractivity contribution in [2.24, 2.45) is 5.73 Å². The summed E-state index contributed by atoms with van der Waals surface area (Å²) < 4.78 is 62.9. The Kier molecular flexibility index (Phi) is 6.08. The van der Waals surface area contributed by atoms with Crippen molar-refractivity contribution >= 4 is 22.4 Å². The van der Waals surface area contributed by atoms with Crippen LogP contribution in [0.2, 0.25) is 0 Å². The molecule has 1 aromatic carbocycles. The first-order chi connectivity index (χ1) is 7.79. The number of alkyl halides is 3. The average Bonchev–Trinajstić information content (AvgIpc) is 2.25. The van der Waals surface area contributed by atoms with Crippen LogP contribution in [0.1, 0.15) is 5.56 Å². The highest BCUT2D eigenvalue weighted by Gasteiger charge is 2.36. The van der Waals surface area contributed by atoms with Crippen molar-refractivity contribution < 1.29 is 21.6 Å². The van der Waals surface area contributed by atoms with Crippen molar-refractivity contribution in [1.29, 1.82) is 0 Å². The Labute approximate surface area is 109 Å². The maximum Gasteiger partial charge on any atom is 0.417 e. The van der Waals surface area contributed by atoms with Crippen molar-refractivity contribution in [1.82, 2.24) is 4.72 Å². The lowest BCUT2D eigenvalue weighted by Crippen LogP contribution is -2.30. The third-order valence-corrected chi connectivity index (χ3v) is 3.44. The summed E-state index contributed by atoms with van der Waals surface area (Å²) >= 11 is 0. The zero-order valence-corrected chi connectivity index (χ0v) is 10.7. The highest BCUT2D eigenvalue weighted by Crippen LogP contribution is 2.33. The van der Waals surface area contributed by atoms with Crippen LogP contribution in [-0.4, -0.2) is 21.5 Å². The summed E-state index contributed by atoms with van der Waals surface area (Å²) in [6.07, 6.45) is -4.71. The summed E-state index contributed by atoms with van der Waals surface area (Å²) in [6, 6.07) is 3.98. The van der Waals surface area contributed by atoms with Gasteiger partial charge in [-0.25, -0.2) is 13.1 Å². The third-order valence-electron chi connectivity index (χ3n) is 1.92. The van der Waals surface area contributed by atoms with Gasteiger partial charge in [-0.2, -0.15) is 13.2 Å². The molecule has 1 rings (SSSR count). The highest BCUT2D eigenvalue weighted by atomic mass is 35.5. The lowest BCUT2D eigenvalue weighted by atomic mass is 10.2. The Bertz CT molecular complexity index is 491. The van der Waals surface area contributed by atoms with E-state index < -0.39 is 26.7 Å². The van der Waals surface area contributed by atoms with E-state index in [-0.39, 0.29) is 25.5 Å². The molecule has 0 aliphatic carbocycles. The number of rotatable bonds is 4. The van der Waals surface area contributed by atoms with Gasteiger partial charge in [0.25, 0.3) is 0 Å². The molecule has 0 radical (unpaired) electrons. The fourth-order valence-electron chi connectivity index (χ4n) is 1.21. The van der Waals surface area contributed by atoms with Crippen LogP contribution in [0.4, 0.5) is 13.2 Å². The Morgan fingerprint density at radius 1 is 1.22 bits per heavy atom. The van der Waals surface area contributed by atoms with Crippen LogP contribution in [0.15, 0.2) is 29.2 Å². The predicted octanol–water partition coefficient (Wildman–Crippen LogP) is 1.36. The molecule has 18 heavy (non-hydrogen) atoms. The van der Waals surface area contributed by atoms with E-state index in [0.29, 0.717) is 0 Å². The summed E-state index contributed by atoms with van der Waals surface area (Å²) in [6.45, 7) is -0.109. The van der Waals surface area contributed by atoms with Crippen LogP contribution in [0, 0.1) is 0 Å². The number of sulfonamides is 1. The lowest BCUT2D eigenvalue weighted by molar-refractivity contribution is -0.139. The molecule has 9 heteroatoms. The van der Waals surface area contributed by atoms with Crippen molar-refractivity contribution in [3.63, 3.8) is 0 Å². The fourth-order valence-corrected chi connectivity index (χ4v) is 2.48. The molecule has 0 unspecified atom stereocenters. The van der Waals surface area contributed by atoms with E-state index >= 15 is 0 Å². The van der Waals surface area contributed by atoms with E-state index in [1.54, 1.807) is 0 Å². The molecule has 4 nitrogen and oxygen atoms in total. The van der Waals surface area contributed by atoms with Gasteiger partial charge in [-0.05, 0) is 12.1 Å². The van der Waals surface area contributed by atoms with Gasteiger partial charge in [0.1, 0.15) is 0 Å². The second-order valence-electron chi connectivity index (χ2n) is 3.18. The Balaban J connectivity index is 0.00000289. The van der Waals surface area contributed by atoms with Crippen molar-refractivity contribution in [3.05, 3.63) is 29.8 Å². The van der Waals surface area contributed by atoms with Crippen LogP contribution in [-0.2, 0) is 16.2 Å². The molecule has 0 amide bonds. The summed E-state index contributed by atoms with van der Waals surface area (Å²) in [5, 5.41) is 0. The van der Waals surface area contributed by atoms with E-state index in [9.17, 15) is 21.6 Å². The SMILES string of the molecule is Cl.NCCNS(=O)(=O)c1ccccc1C(F)(F)F. The van der Waals surface area contributed by atoms with Gasteiger partial charge in [0, 0.05) is 13.1 Å². The summed E-state index contributed by atoms with van der Waals surface area (Å²) in [5.41, 5.74) is 3.90. The molecule has 0 saturated heterocycles. The van der Waals surface area contributed by atoms with E-state index in [2.05, 4.69) is 0 Å². The second kappa shape index (κ2) is 6.37. The van der Waals surface area contributed by atoms with Gasteiger partial charge < -0.3 is 5.73 Å². The van der Waals surface area contributed by atoms with Crippen LogP contribution in [0.25, 0.3) is 0 Å². The first kappa shape index (κ1) is 17.2. The van der Waals surface area contributed by atoms with Gasteiger partial charge in [-0.15, -0.1) is 12.4 Å². The largest absolute Gasteiger partial charge is 0.417 e. The molecule has 0 spiro atoms.